The van der Waals surface area contributed by atoms with Gasteiger partial charge in [0.15, 0.2) is 0 Å². The maximum atomic E-state index is 12.6. The summed E-state index contributed by atoms with van der Waals surface area (Å²) in [4.78, 5) is 4.02. The minimum atomic E-state index is -3.53. The van der Waals surface area contributed by atoms with Crippen molar-refractivity contribution >= 4 is 15.8 Å². The smallest absolute Gasteiger partial charge is 0.245 e. The summed E-state index contributed by atoms with van der Waals surface area (Å²) in [7, 11) is -3.53. The van der Waals surface area contributed by atoms with Gasteiger partial charge in [-0.2, -0.15) is 4.31 Å². The Morgan fingerprint density at radius 2 is 1.89 bits per heavy atom. The van der Waals surface area contributed by atoms with Gasteiger partial charge >= 0.3 is 0 Å². The molecule has 2 saturated heterocycles. The van der Waals surface area contributed by atoms with Gasteiger partial charge in [0.1, 0.15) is 10.7 Å². The first kappa shape index (κ1) is 12.8. The average Bonchev–Trinajstić information content (AvgIpc) is 2.64. The highest BCUT2D eigenvalue weighted by Gasteiger charge is 2.46. The molecule has 0 saturated carbocycles. The second-order valence-electron chi connectivity index (χ2n) is 5.26. The number of aliphatic hydroxyl groups excluding tert-OH is 1. The van der Waals surface area contributed by atoms with E-state index in [0.717, 1.165) is 12.8 Å². The molecule has 1 aromatic rings. The molecule has 104 valence electrons. The molecule has 3 rings (SSSR count). The Labute approximate surface area is 112 Å². The molecule has 2 fully saturated rings. The van der Waals surface area contributed by atoms with Crippen LogP contribution >= 0.6 is 0 Å². The Kier molecular flexibility index (Phi) is 2.99. The average molecular weight is 283 g/mol. The first-order valence-corrected chi connectivity index (χ1v) is 7.85. The summed E-state index contributed by atoms with van der Waals surface area (Å²) in [5.41, 5.74) is 5.48. The van der Waals surface area contributed by atoms with Gasteiger partial charge in [0, 0.05) is 18.3 Å². The van der Waals surface area contributed by atoms with Crippen LogP contribution in [0.5, 0.6) is 0 Å². The van der Waals surface area contributed by atoms with E-state index in [0.29, 0.717) is 18.7 Å². The molecular formula is C12H17N3O3S. The predicted molar refractivity (Wildman–Crippen MR) is 69.7 cm³/mol. The minimum Gasteiger partial charge on any atom is -0.393 e. The fourth-order valence-electron chi connectivity index (χ4n) is 3.16. The number of fused-ring (bicyclic) bond motifs is 2. The maximum absolute atomic E-state index is 12.6. The van der Waals surface area contributed by atoms with Gasteiger partial charge in [0.05, 0.1) is 6.10 Å². The summed E-state index contributed by atoms with van der Waals surface area (Å²) >= 11 is 0. The first-order chi connectivity index (χ1) is 8.98. The van der Waals surface area contributed by atoms with Crippen LogP contribution in [0.2, 0.25) is 0 Å². The number of aliphatic hydroxyl groups is 1. The van der Waals surface area contributed by atoms with Gasteiger partial charge in [0.25, 0.3) is 0 Å². The lowest BCUT2D eigenvalue weighted by Gasteiger charge is -2.35. The molecule has 2 aliphatic rings. The van der Waals surface area contributed by atoms with Crippen molar-refractivity contribution < 1.29 is 13.5 Å². The molecule has 0 radical (unpaired) electrons. The van der Waals surface area contributed by atoms with Crippen LogP contribution in [0.15, 0.2) is 23.2 Å². The van der Waals surface area contributed by atoms with E-state index in [1.165, 1.54) is 18.3 Å². The second-order valence-corrected chi connectivity index (χ2v) is 7.11. The van der Waals surface area contributed by atoms with Crippen molar-refractivity contribution in [3.05, 3.63) is 18.3 Å². The summed E-state index contributed by atoms with van der Waals surface area (Å²) in [6, 6.07) is 2.81. The van der Waals surface area contributed by atoms with Crippen LogP contribution in [0, 0.1) is 0 Å². The Bertz CT molecular complexity index is 558. The molecule has 1 aromatic heterocycles. The summed E-state index contributed by atoms with van der Waals surface area (Å²) in [5, 5.41) is 9.73. The Morgan fingerprint density at radius 3 is 2.42 bits per heavy atom. The van der Waals surface area contributed by atoms with E-state index < -0.39 is 10.0 Å². The number of rotatable bonds is 2. The van der Waals surface area contributed by atoms with Crippen molar-refractivity contribution in [1.29, 1.82) is 0 Å². The van der Waals surface area contributed by atoms with Crippen LogP contribution in [0.3, 0.4) is 0 Å². The van der Waals surface area contributed by atoms with Crippen LogP contribution in [0.1, 0.15) is 25.7 Å². The van der Waals surface area contributed by atoms with E-state index in [9.17, 15) is 13.5 Å². The molecule has 2 unspecified atom stereocenters. The van der Waals surface area contributed by atoms with Crippen molar-refractivity contribution in [3.8, 4) is 0 Å². The third kappa shape index (κ3) is 2.11. The summed E-state index contributed by atoms with van der Waals surface area (Å²) < 4.78 is 26.8. The number of aromatic nitrogens is 1. The molecule has 7 heteroatoms. The van der Waals surface area contributed by atoms with E-state index >= 15 is 0 Å². The molecule has 3 heterocycles. The molecule has 2 aliphatic heterocycles. The van der Waals surface area contributed by atoms with E-state index in [4.69, 9.17) is 5.73 Å². The van der Waals surface area contributed by atoms with Gasteiger partial charge < -0.3 is 10.8 Å². The fraction of sp³-hybridized carbons (Fsp3) is 0.583. The van der Waals surface area contributed by atoms with Crippen molar-refractivity contribution in [2.24, 2.45) is 0 Å². The lowest BCUT2D eigenvalue weighted by Crippen LogP contribution is -2.47. The van der Waals surface area contributed by atoms with Gasteiger partial charge in [-0.3, -0.25) is 0 Å². The normalized spacial score (nSPS) is 31.5. The lowest BCUT2D eigenvalue weighted by molar-refractivity contribution is 0.0768. The largest absolute Gasteiger partial charge is 0.393 e. The summed E-state index contributed by atoms with van der Waals surface area (Å²) in [5.74, 6) is 0.302. The van der Waals surface area contributed by atoms with Gasteiger partial charge in [-0.15, -0.1) is 0 Å². The molecule has 2 atom stereocenters. The van der Waals surface area contributed by atoms with Gasteiger partial charge in [0.2, 0.25) is 10.0 Å². The third-order valence-corrected chi connectivity index (χ3v) is 5.96. The fourth-order valence-corrected chi connectivity index (χ4v) is 5.00. The van der Waals surface area contributed by atoms with Crippen LogP contribution < -0.4 is 5.73 Å². The van der Waals surface area contributed by atoms with E-state index in [2.05, 4.69) is 4.98 Å². The standard InChI is InChI=1S/C12H17N3O3S/c13-12-4-3-11(7-14-12)19(17,18)15-8-1-2-9(15)6-10(16)5-8/h3-4,7-10,16H,1-2,5-6H2,(H2,13,14). The number of sulfonamides is 1. The predicted octanol–water partition coefficient (Wildman–Crippen LogP) is 0.340. The SMILES string of the molecule is Nc1ccc(S(=O)(=O)N2C3CCC2CC(O)C3)cn1. The highest BCUT2D eigenvalue weighted by atomic mass is 32.2. The molecular weight excluding hydrogens is 266 g/mol. The maximum Gasteiger partial charge on any atom is 0.245 e. The van der Waals surface area contributed by atoms with Gasteiger partial charge in [-0.05, 0) is 37.8 Å². The number of piperidine rings is 1. The number of hydrogen-bond acceptors (Lipinski definition) is 5. The molecule has 19 heavy (non-hydrogen) atoms. The van der Waals surface area contributed by atoms with E-state index in [-0.39, 0.29) is 23.1 Å². The van der Waals surface area contributed by atoms with E-state index in [1.807, 2.05) is 0 Å². The zero-order chi connectivity index (χ0) is 13.6. The summed E-state index contributed by atoms with van der Waals surface area (Å²) in [6.07, 6.45) is 3.62. The number of nitrogens with two attached hydrogens (primary N) is 1. The molecule has 0 spiro atoms. The first-order valence-electron chi connectivity index (χ1n) is 6.41. The zero-order valence-electron chi connectivity index (χ0n) is 10.4. The van der Waals surface area contributed by atoms with Crippen LogP contribution in [-0.4, -0.2) is 41.0 Å². The van der Waals surface area contributed by atoms with Crippen molar-refractivity contribution in [2.75, 3.05) is 5.73 Å². The van der Waals surface area contributed by atoms with Crippen molar-refractivity contribution in [2.45, 2.75) is 48.8 Å². The third-order valence-electron chi connectivity index (χ3n) is 3.98. The number of nitrogens with zero attached hydrogens (tertiary/aromatic N) is 2. The Morgan fingerprint density at radius 1 is 1.26 bits per heavy atom. The van der Waals surface area contributed by atoms with Crippen LogP contribution in [0.25, 0.3) is 0 Å². The topological polar surface area (TPSA) is 96.5 Å². The van der Waals surface area contributed by atoms with Crippen molar-refractivity contribution in [1.82, 2.24) is 9.29 Å². The van der Waals surface area contributed by atoms with Crippen LogP contribution in [-0.2, 0) is 10.0 Å². The van der Waals surface area contributed by atoms with Gasteiger partial charge in [-0.25, -0.2) is 13.4 Å². The van der Waals surface area contributed by atoms with E-state index in [1.54, 1.807) is 4.31 Å². The van der Waals surface area contributed by atoms with Crippen molar-refractivity contribution in [3.63, 3.8) is 0 Å². The number of nitrogen functional groups attached to an aromatic ring is 1. The van der Waals surface area contributed by atoms with Gasteiger partial charge in [-0.1, -0.05) is 0 Å². The number of anilines is 1. The Balaban J connectivity index is 1.95. The Hall–Kier alpha value is -1.18. The molecule has 0 aliphatic carbocycles. The monoisotopic (exact) mass is 283 g/mol. The molecule has 2 bridgehead atoms. The minimum absolute atomic E-state index is 0.0868. The number of hydrogen-bond donors (Lipinski definition) is 2. The number of pyridine rings is 1. The highest BCUT2D eigenvalue weighted by Crippen LogP contribution is 2.39. The summed E-state index contributed by atoms with van der Waals surface area (Å²) in [6.45, 7) is 0. The molecule has 0 aromatic carbocycles. The highest BCUT2D eigenvalue weighted by molar-refractivity contribution is 7.89. The quantitative estimate of drug-likeness (QED) is 0.816. The second kappa shape index (κ2) is 4.43. The lowest BCUT2D eigenvalue weighted by atomic mass is 10.0. The molecule has 0 amide bonds. The zero-order valence-corrected chi connectivity index (χ0v) is 11.3. The molecule has 6 nitrogen and oxygen atoms in total. The molecule has 3 N–H and O–H groups in total. The van der Waals surface area contributed by atoms with Crippen LogP contribution in [0.4, 0.5) is 5.82 Å².